The van der Waals surface area contributed by atoms with Crippen LogP contribution in [0.15, 0.2) is 11.1 Å². The zero-order valence-electron chi connectivity index (χ0n) is 14.9. The van der Waals surface area contributed by atoms with Gasteiger partial charge in [-0.05, 0) is 46.1 Å². The lowest BCUT2D eigenvalue weighted by Gasteiger charge is -2.25. The summed E-state index contributed by atoms with van der Waals surface area (Å²) in [5.41, 5.74) is 2.87. The first-order chi connectivity index (χ1) is 11.3. The summed E-state index contributed by atoms with van der Waals surface area (Å²) in [7, 11) is 1.92. The van der Waals surface area contributed by atoms with E-state index < -0.39 is 0 Å². The molecule has 0 unspecified atom stereocenters. The molecule has 1 aliphatic heterocycles. The molecule has 1 aromatic rings. The fraction of sp³-hybridized carbons (Fsp3) is 0.556. The number of aliphatic imine (C=N–C) groups is 1. The van der Waals surface area contributed by atoms with Crippen LogP contribution in [0.2, 0.25) is 0 Å². The molecule has 0 aromatic carbocycles. The number of carbonyl (C=O) groups is 1. The molecule has 1 N–H and O–H groups in total. The van der Waals surface area contributed by atoms with E-state index in [0.29, 0.717) is 5.82 Å². The van der Waals surface area contributed by atoms with Crippen LogP contribution in [-0.4, -0.2) is 41.2 Å². The molecule has 24 heavy (non-hydrogen) atoms. The summed E-state index contributed by atoms with van der Waals surface area (Å²) in [6.45, 7) is 6.23. The zero-order valence-corrected chi connectivity index (χ0v) is 14.9. The molecular formula is C18H25N5O. The van der Waals surface area contributed by atoms with E-state index in [0.717, 1.165) is 42.9 Å². The lowest BCUT2D eigenvalue weighted by atomic mass is 10.1. The number of hydrogen-bond acceptors (Lipinski definition) is 5. The number of aryl methyl sites for hydroxylation is 1. The van der Waals surface area contributed by atoms with Crippen molar-refractivity contribution >= 4 is 23.6 Å². The Morgan fingerprint density at radius 1 is 1.29 bits per heavy atom. The predicted molar refractivity (Wildman–Crippen MR) is 96.3 cm³/mol. The largest absolute Gasteiger partial charge is 0.350 e. The van der Waals surface area contributed by atoms with E-state index in [9.17, 15) is 4.79 Å². The molecule has 0 radical (unpaired) electrons. The number of fused-ring (bicyclic) bond motifs is 1. The van der Waals surface area contributed by atoms with Gasteiger partial charge in [0.2, 0.25) is 5.91 Å². The molecular weight excluding hydrogens is 302 g/mol. The van der Waals surface area contributed by atoms with Gasteiger partial charge in [0.05, 0.1) is 6.54 Å². The van der Waals surface area contributed by atoms with E-state index in [1.807, 2.05) is 45.0 Å². The van der Waals surface area contributed by atoms with Crippen LogP contribution in [0, 0.1) is 0 Å². The lowest BCUT2D eigenvalue weighted by molar-refractivity contribution is -0.121. The van der Waals surface area contributed by atoms with Gasteiger partial charge in [-0.1, -0.05) is 0 Å². The number of aromatic nitrogens is 2. The number of hydrogen-bond donors (Lipinski definition) is 1. The number of anilines is 1. The number of amides is 1. The van der Waals surface area contributed by atoms with Gasteiger partial charge in [-0.25, -0.2) is 9.97 Å². The van der Waals surface area contributed by atoms with Crippen molar-refractivity contribution in [2.75, 3.05) is 18.5 Å². The first-order valence-electron chi connectivity index (χ1n) is 8.48. The second-order valence-corrected chi connectivity index (χ2v) is 7.44. The van der Waals surface area contributed by atoms with Crippen LogP contribution in [0.1, 0.15) is 50.7 Å². The van der Waals surface area contributed by atoms with Gasteiger partial charge in [0.1, 0.15) is 11.5 Å². The van der Waals surface area contributed by atoms with Crippen LogP contribution in [0.5, 0.6) is 0 Å². The summed E-state index contributed by atoms with van der Waals surface area (Å²) in [4.78, 5) is 28.0. The fourth-order valence-corrected chi connectivity index (χ4v) is 3.11. The van der Waals surface area contributed by atoms with Gasteiger partial charge in [-0.15, -0.1) is 0 Å². The second-order valence-electron chi connectivity index (χ2n) is 7.44. The molecule has 3 rings (SSSR count). The third-order valence-corrected chi connectivity index (χ3v) is 4.04. The average molecular weight is 327 g/mol. The molecule has 0 bridgehead atoms. The predicted octanol–water partition coefficient (Wildman–Crippen LogP) is 2.13. The van der Waals surface area contributed by atoms with Crippen molar-refractivity contribution in [1.82, 2.24) is 15.3 Å². The van der Waals surface area contributed by atoms with Crippen LogP contribution >= 0.6 is 0 Å². The Labute approximate surface area is 143 Å². The van der Waals surface area contributed by atoms with Gasteiger partial charge in [-0.2, -0.15) is 0 Å². The summed E-state index contributed by atoms with van der Waals surface area (Å²) in [5, 5.41) is 3.00. The molecule has 1 aromatic heterocycles. The minimum absolute atomic E-state index is 0.00462. The molecule has 0 spiro atoms. The first kappa shape index (κ1) is 16.6. The summed E-state index contributed by atoms with van der Waals surface area (Å²) >= 11 is 0. The average Bonchev–Trinajstić information content (AvgIpc) is 3.15. The Bertz CT molecular complexity index is 715. The van der Waals surface area contributed by atoms with Gasteiger partial charge in [-0.3, -0.25) is 9.79 Å². The summed E-state index contributed by atoms with van der Waals surface area (Å²) in [5.74, 6) is 1.53. The van der Waals surface area contributed by atoms with Crippen molar-refractivity contribution in [3.8, 4) is 0 Å². The summed E-state index contributed by atoms with van der Waals surface area (Å²) in [6.07, 6.45) is 7.76. The van der Waals surface area contributed by atoms with Crippen molar-refractivity contribution < 1.29 is 4.79 Å². The van der Waals surface area contributed by atoms with Gasteiger partial charge >= 0.3 is 0 Å². The van der Waals surface area contributed by atoms with Gasteiger partial charge in [0.25, 0.3) is 0 Å². The molecule has 0 fully saturated rings. The number of rotatable bonds is 4. The Balaban J connectivity index is 1.86. The SMILES string of the molecule is CN(CC(=O)NC(C)(C)C)c1nc(C2=CCC=N2)nc2c1CCC2. The minimum Gasteiger partial charge on any atom is -0.350 e. The maximum absolute atomic E-state index is 12.3. The van der Waals surface area contributed by atoms with Crippen molar-refractivity contribution in [1.29, 1.82) is 0 Å². The van der Waals surface area contributed by atoms with Crippen LogP contribution in [0.25, 0.3) is 5.70 Å². The topological polar surface area (TPSA) is 70.5 Å². The number of carbonyl (C=O) groups excluding carboxylic acids is 1. The number of likely N-dealkylation sites (N-methyl/N-ethyl adjacent to an activating group) is 1. The molecule has 0 atom stereocenters. The third-order valence-electron chi connectivity index (χ3n) is 4.04. The summed E-state index contributed by atoms with van der Waals surface area (Å²) in [6, 6.07) is 0. The van der Waals surface area contributed by atoms with Crippen molar-refractivity contribution in [2.24, 2.45) is 4.99 Å². The molecule has 128 valence electrons. The molecule has 2 heterocycles. The van der Waals surface area contributed by atoms with Crippen molar-refractivity contribution in [3.63, 3.8) is 0 Å². The summed E-state index contributed by atoms with van der Waals surface area (Å²) < 4.78 is 0. The van der Waals surface area contributed by atoms with Crippen LogP contribution < -0.4 is 10.2 Å². The molecule has 1 aliphatic carbocycles. The third kappa shape index (κ3) is 3.63. The lowest BCUT2D eigenvalue weighted by Crippen LogP contribution is -2.45. The van der Waals surface area contributed by atoms with E-state index in [1.54, 1.807) is 0 Å². The van der Waals surface area contributed by atoms with Crippen LogP contribution in [-0.2, 0) is 17.6 Å². The Kier molecular flexibility index (Phi) is 4.39. The highest BCUT2D eigenvalue weighted by molar-refractivity contribution is 5.82. The highest BCUT2D eigenvalue weighted by Gasteiger charge is 2.24. The maximum atomic E-state index is 12.3. The Hall–Kier alpha value is -2.24. The van der Waals surface area contributed by atoms with E-state index in [2.05, 4.69) is 10.3 Å². The molecule has 6 nitrogen and oxygen atoms in total. The van der Waals surface area contributed by atoms with Gasteiger partial charge in [0, 0.05) is 36.5 Å². The highest BCUT2D eigenvalue weighted by Crippen LogP contribution is 2.30. The molecule has 1 amide bonds. The monoisotopic (exact) mass is 327 g/mol. The quantitative estimate of drug-likeness (QED) is 0.920. The Morgan fingerprint density at radius 2 is 2.08 bits per heavy atom. The number of nitrogens with zero attached hydrogens (tertiary/aromatic N) is 4. The normalized spacial score (nSPS) is 16.1. The highest BCUT2D eigenvalue weighted by atomic mass is 16.2. The van der Waals surface area contributed by atoms with E-state index in [1.165, 1.54) is 5.56 Å². The smallest absolute Gasteiger partial charge is 0.239 e. The molecule has 0 saturated carbocycles. The minimum atomic E-state index is -0.236. The van der Waals surface area contributed by atoms with Crippen molar-refractivity contribution in [2.45, 2.75) is 52.0 Å². The standard InChI is InChI=1S/C18H25N5O/c1-18(2,3)22-15(24)11-23(4)17-12-7-5-8-13(12)20-16(21-17)14-9-6-10-19-14/h9-10H,5-8,11H2,1-4H3,(H,22,24). The van der Waals surface area contributed by atoms with E-state index in [4.69, 9.17) is 9.97 Å². The molecule has 0 saturated heterocycles. The van der Waals surface area contributed by atoms with E-state index >= 15 is 0 Å². The number of nitrogens with one attached hydrogen (secondary N) is 1. The maximum Gasteiger partial charge on any atom is 0.239 e. The molecule has 6 heteroatoms. The molecule has 2 aliphatic rings. The van der Waals surface area contributed by atoms with Gasteiger partial charge in [0.15, 0.2) is 5.82 Å². The fourth-order valence-electron chi connectivity index (χ4n) is 3.11. The number of allylic oxidation sites excluding steroid dienone is 1. The Morgan fingerprint density at radius 3 is 2.75 bits per heavy atom. The zero-order chi connectivity index (χ0) is 17.3. The van der Waals surface area contributed by atoms with Crippen molar-refractivity contribution in [3.05, 3.63) is 23.2 Å². The first-order valence-corrected chi connectivity index (χ1v) is 8.48. The van der Waals surface area contributed by atoms with Gasteiger partial charge < -0.3 is 10.2 Å². The van der Waals surface area contributed by atoms with E-state index in [-0.39, 0.29) is 18.0 Å². The second kappa shape index (κ2) is 6.34. The van der Waals surface area contributed by atoms with Crippen LogP contribution in [0.3, 0.4) is 0 Å². The van der Waals surface area contributed by atoms with Crippen LogP contribution in [0.4, 0.5) is 5.82 Å².